The molecule has 1 fully saturated rings. The highest BCUT2D eigenvalue weighted by molar-refractivity contribution is 5.84. The van der Waals surface area contributed by atoms with Crippen LogP contribution in [-0.4, -0.2) is 65.2 Å². The molecule has 2 heterocycles. The first-order chi connectivity index (χ1) is 16.2. The fraction of sp³-hybridized carbons (Fsp3) is 0.565. The van der Waals surface area contributed by atoms with E-state index >= 15 is 0 Å². The van der Waals surface area contributed by atoms with Crippen molar-refractivity contribution in [2.24, 2.45) is 0 Å². The van der Waals surface area contributed by atoms with Crippen LogP contribution in [0.25, 0.3) is 16.7 Å². The van der Waals surface area contributed by atoms with Crippen molar-refractivity contribution in [1.82, 2.24) is 24.9 Å². The maximum atomic E-state index is 11.8. The largest absolute Gasteiger partial charge is 0.491 e. The first kappa shape index (κ1) is 23.0. The summed E-state index contributed by atoms with van der Waals surface area (Å²) in [4.78, 5) is 16.6. The number of nitrogens with one attached hydrogen (secondary N) is 2. The van der Waals surface area contributed by atoms with Gasteiger partial charge in [-0.3, -0.25) is 4.40 Å². The number of hydrogen-bond donors (Lipinski definition) is 2. The van der Waals surface area contributed by atoms with Gasteiger partial charge in [-0.25, -0.2) is 9.78 Å². The van der Waals surface area contributed by atoms with Gasteiger partial charge in [-0.05, 0) is 57.6 Å². The van der Waals surface area contributed by atoms with Gasteiger partial charge in [0.1, 0.15) is 24.3 Å². The lowest BCUT2D eigenvalue weighted by molar-refractivity contribution is 0.101. The molecule has 0 atom stereocenters. The van der Waals surface area contributed by atoms with E-state index in [1.807, 2.05) is 29.5 Å². The average Bonchev–Trinajstić information content (AvgIpc) is 3.46. The number of unbranched alkanes of at least 4 members (excludes halogenated alkanes) is 1. The van der Waals surface area contributed by atoms with Crippen molar-refractivity contribution in [3.8, 4) is 5.75 Å². The number of rotatable bonds is 11. The van der Waals surface area contributed by atoms with Crippen LogP contribution in [0.1, 0.15) is 44.3 Å². The van der Waals surface area contributed by atoms with Crippen molar-refractivity contribution >= 4 is 28.6 Å². The van der Waals surface area contributed by atoms with Crippen molar-refractivity contribution < 1.29 is 19.0 Å². The van der Waals surface area contributed by atoms with Crippen LogP contribution in [0.5, 0.6) is 5.75 Å². The number of benzene rings is 1. The van der Waals surface area contributed by atoms with Crippen LogP contribution in [0.4, 0.5) is 10.6 Å². The molecule has 0 unspecified atom stereocenters. The Balaban J connectivity index is 1.33. The molecule has 4 rings (SSSR count). The van der Waals surface area contributed by atoms with E-state index in [-0.39, 0.29) is 12.2 Å². The van der Waals surface area contributed by atoms with Gasteiger partial charge in [0.25, 0.3) is 0 Å². The van der Waals surface area contributed by atoms with E-state index in [4.69, 9.17) is 19.2 Å². The normalized spacial score (nSPS) is 14.1. The van der Waals surface area contributed by atoms with Crippen molar-refractivity contribution in [2.45, 2.75) is 51.6 Å². The fourth-order valence-electron chi connectivity index (χ4n) is 4.05. The number of aromatic nitrogens is 4. The number of nitrogens with zero attached hydrogens (tertiary/aromatic N) is 4. The molecule has 10 heteroatoms. The molecular weight excluding hydrogens is 424 g/mol. The number of carbonyl (C=O) groups excluding carboxylic acids is 1. The third kappa shape index (κ3) is 5.81. The van der Waals surface area contributed by atoms with Crippen LogP contribution in [0.2, 0.25) is 0 Å². The maximum Gasteiger partial charge on any atom is 0.407 e. The molecule has 1 saturated carbocycles. The fourth-order valence-corrected chi connectivity index (χ4v) is 4.05. The van der Waals surface area contributed by atoms with E-state index < -0.39 is 0 Å². The minimum Gasteiger partial charge on any atom is -0.491 e. The van der Waals surface area contributed by atoms with Gasteiger partial charge in [0.15, 0.2) is 5.82 Å². The molecule has 0 bridgehead atoms. The zero-order chi connectivity index (χ0) is 23.0. The summed E-state index contributed by atoms with van der Waals surface area (Å²) in [7, 11) is 1.65. The van der Waals surface area contributed by atoms with Crippen molar-refractivity contribution in [3.05, 3.63) is 24.0 Å². The van der Waals surface area contributed by atoms with Crippen molar-refractivity contribution in [2.75, 3.05) is 38.7 Å². The first-order valence-electron chi connectivity index (χ1n) is 11.6. The second kappa shape index (κ2) is 11.1. The molecular formula is C23H32N6O4. The quantitative estimate of drug-likeness (QED) is 0.422. The molecule has 0 saturated heterocycles. The van der Waals surface area contributed by atoms with Crippen LogP contribution in [0.15, 0.2) is 18.2 Å². The highest BCUT2D eigenvalue weighted by Gasteiger charge is 2.18. The molecule has 0 spiro atoms. The summed E-state index contributed by atoms with van der Waals surface area (Å²) >= 11 is 0. The van der Waals surface area contributed by atoms with Crippen LogP contribution < -0.4 is 15.4 Å². The molecule has 33 heavy (non-hydrogen) atoms. The van der Waals surface area contributed by atoms with Crippen LogP contribution in [-0.2, 0) is 9.47 Å². The molecule has 10 nitrogen and oxygen atoms in total. The Kier molecular flexibility index (Phi) is 7.77. The van der Waals surface area contributed by atoms with Crippen LogP contribution in [0.3, 0.4) is 0 Å². The monoisotopic (exact) mass is 456 g/mol. The van der Waals surface area contributed by atoms with Gasteiger partial charge in [0.05, 0.1) is 17.6 Å². The molecule has 178 valence electrons. The zero-order valence-corrected chi connectivity index (χ0v) is 19.3. The summed E-state index contributed by atoms with van der Waals surface area (Å²) in [6, 6.07) is 5.79. The smallest absolute Gasteiger partial charge is 0.407 e. The molecule has 2 aromatic heterocycles. The number of anilines is 1. The Morgan fingerprint density at radius 2 is 1.97 bits per heavy atom. The average molecular weight is 457 g/mol. The summed E-state index contributed by atoms with van der Waals surface area (Å²) in [5.74, 6) is 2.20. The maximum absolute atomic E-state index is 11.8. The predicted molar refractivity (Wildman–Crippen MR) is 125 cm³/mol. The Labute approximate surface area is 193 Å². The summed E-state index contributed by atoms with van der Waals surface area (Å²) < 4.78 is 18.2. The summed E-state index contributed by atoms with van der Waals surface area (Å²) in [6.07, 6.45) is 5.73. The summed E-state index contributed by atoms with van der Waals surface area (Å²) in [5, 5.41) is 14.7. The van der Waals surface area contributed by atoms with Gasteiger partial charge in [-0.2, -0.15) is 0 Å². The van der Waals surface area contributed by atoms with Crippen molar-refractivity contribution in [1.29, 1.82) is 0 Å². The lowest BCUT2D eigenvalue weighted by Gasteiger charge is -2.13. The number of methoxy groups -OCH3 is 1. The number of alkyl carbamates (subject to hydrolysis) is 1. The molecule has 1 aromatic carbocycles. The molecule has 2 N–H and O–H groups in total. The summed E-state index contributed by atoms with van der Waals surface area (Å²) in [6.45, 7) is 4.20. The Morgan fingerprint density at radius 3 is 2.79 bits per heavy atom. The number of amides is 1. The van der Waals surface area contributed by atoms with E-state index in [2.05, 4.69) is 20.8 Å². The van der Waals surface area contributed by atoms with Gasteiger partial charge in [-0.15, -0.1) is 10.2 Å². The highest BCUT2D eigenvalue weighted by atomic mass is 16.6. The summed E-state index contributed by atoms with van der Waals surface area (Å²) in [5.41, 5.74) is 2.40. The SMILES string of the molecule is COCCOc1ccc2c(c1)nc(NCCCCNC(=O)OC1CCCC1)c1nnc(C)n12. The first-order valence-corrected chi connectivity index (χ1v) is 11.6. The molecule has 0 radical (unpaired) electrons. The minimum atomic E-state index is -0.310. The molecule has 1 aliphatic carbocycles. The number of fused-ring (bicyclic) bond motifs is 3. The molecule has 1 amide bonds. The molecule has 1 aliphatic rings. The van der Waals surface area contributed by atoms with Gasteiger partial charge < -0.3 is 24.8 Å². The van der Waals surface area contributed by atoms with E-state index in [1.54, 1.807) is 7.11 Å². The number of carbonyl (C=O) groups is 1. The number of aryl methyl sites for hydroxylation is 1. The van der Waals surface area contributed by atoms with E-state index in [0.29, 0.717) is 37.8 Å². The standard InChI is InChI=1S/C23H32N6O4/c1-16-27-28-22-21(24-11-5-6-12-25-23(30)33-17-7-3-4-8-17)26-19-15-18(32-14-13-31-2)9-10-20(19)29(16)22/h9-10,15,17H,3-8,11-14H2,1-2H3,(H,24,26)(H,25,30). The van der Waals surface area contributed by atoms with Gasteiger partial charge in [-0.1, -0.05) is 0 Å². The van der Waals surface area contributed by atoms with E-state index in [9.17, 15) is 4.79 Å². The van der Waals surface area contributed by atoms with Gasteiger partial charge in [0, 0.05) is 26.3 Å². The van der Waals surface area contributed by atoms with Gasteiger partial charge >= 0.3 is 6.09 Å². The number of ether oxygens (including phenoxy) is 3. The molecule has 3 aromatic rings. The molecule has 0 aliphatic heterocycles. The number of hydrogen-bond acceptors (Lipinski definition) is 8. The van der Waals surface area contributed by atoms with Crippen LogP contribution in [0, 0.1) is 6.92 Å². The van der Waals surface area contributed by atoms with Gasteiger partial charge in [0.2, 0.25) is 5.65 Å². The Hall–Kier alpha value is -3.14. The Morgan fingerprint density at radius 1 is 1.15 bits per heavy atom. The minimum absolute atomic E-state index is 0.0885. The lowest BCUT2D eigenvalue weighted by Crippen LogP contribution is -2.28. The van der Waals surface area contributed by atoms with Crippen molar-refractivity contribution in [3.63, 3.8) is 0 Å². The Bertz CT molecular complexity index is 1080. The third-order valence-electron chi connectivity index (χ3n) is 5.75. The topological polar surface area (TPSA) is 112 Å². The predicted octanol–water partition coefficient (Wildman–Crippen LogP) is 3.47. The third-order valence-corrected chi connectivity index (χ3v) is 5.75. The van der Waals surface area contributed by atoms with E-state index in [1.165, 1.54) is 0 Å². The second-order valence-electron chi connectivity index (χ2n) is 8.23. The van der Waals surface area contributed by atoms with E-state index in [0.717, 1.165) is 61.1 Å². The zero-order valence-electron chi connectivity index (χ0n) is 19.3. The second-order valence-corrected chi connectivity index (χ2v) is 8.23. The lowest BCUT2D eigenvalue weighted by atomic mass is 10.2. The van der Waals surface area contributed by atoms with Crippen LogP contribution >= 0.6 is 0 Å². The highest BCUT2D eigenvalue weighted by Crippen LogP contribution is 2.25.